The normalized spacial score (nSPS) is 18.9. The number of hydrogen-bond donors (Lipinski definition) is 1. The average Bonchev–Trinajstić information content (AvgIpc) is 3.41. The minimum Gasteiger partial charge on any atom is -0.338 e. The van der Waals surface area contributed by atoms with Gasteiger partial charge in [0.2, 0.25) is 0 Å². The standard InChI is InChI=1S/C24H32N2S.C19H22N2S.C17H19N3S/c1-2-3-4-5-10-20-15-17-25(18-16-20)19-26-21-11-6-8-13-23(21)27-24-14-9-7-12-22(24)26;1-20-13-7-6-8-15(20)14-21-16-9-2-4-11-18(16)22-19-12-5-3-10-17(19)21;1-3-7-16-14(5-1)20(13-19-11-9-18-10-12-19)15-6-2-4-8-17(15)21-16/h6-9,11-14,20H,2-5,10,15-19H2,1H3;2-5,9-12,15H,6-8,13-14H2,1H3;1-8,18H,9-13H2. The van der Waals surface area contributed by atoms with Gasteiger partial charge in [-0.05, 0) is 118 Å². The van der Waals surface area contributed by atoms with E-state index in [1.807, 2.05) is 35.3 Å². The van der Waals surface area contributed by atoms with Gasteiger partial charge in [0.1, 0.15) is 0 Å². The molecule has 1 atom stereocenters. The highest BCUT2D eigenvalue weighted by Gasteiger charge is 2.30. The van der Waals surface area contributed by atoms with Gasteiger partial charge in [-0.25, -0.2) is 0 Å². The van der Waals surface area contributed by atoms with Gasteiger partial charge in [0.25, 0.3) is 0 Å². The van der Waals surface area contributed by atoms with Crippen LogP contribution < -0.4 is 20.0 Å². The van der Waals surface area contributed by atoms with E-state index in [9.17, 15) is 0 Å². The van der Waals surface area contributed by atoms with Crippen LogP contribution in [0, 0.1) is 5.92 Å². The van der Waals surface area contributed by atoms with Crippen LogP contribution in [-0.4, -0.2) is 93.5 Å². The van der Waals surface area contributed by atoms with Gasteiger partial charge in [-0.15, -0.1) is 0 Å². The van der Waals surface area contributed by atoms with Crippen LogP contribution in [0.2, 0.25) is 0 Å². The molecule has 7 nitrogen and oxygen atoms in total. The molecule has 0 aliphatic carbocycles. The van der Waals surface area contributed by atoms with Gasteiger partial charge in [-0.1, -0.05) is 154 Å². The number of para-hydroxylation sites is 6. The lowest BCUT2D eigenvalue weighted by molar-refractivity contribution is 0.180. The quantitative estimate of drug-likeness (QED) is 0.127. The number of benzene rings is 6. The number of anilines is 6. The zero-order chi connectivity index (χ0) is 47.5. The molecule has 1 unspecified atom stereocenters. The first-order valence-corrected chi connectivity index (χ1v) is 28.8. The molecule has 3 fully saturated rings. The molecule has 366 valence electrons. The van der Waals surface area contributed by atoms with Gasteiger partial charge in [0.15, 0.2) is 0 Å². The van der Waals surface area contributed by atoms with E-state index in [0.717, 1.165) is 52.0 Å². The van der Waals surface area contributed by atoms with E-state index in [1.165, 1.54) is 147 Å². The fourth-order valence-corrected chi connectivity index (χ4v) is 14.2. The Morgan fingerprint density at radius 1 is 0.443 bits per heavy atom. The number of hydrogen-bond acceptors (Lipinski definition) is 10. The van der Waals surface area contributed by atoms with Crippen LogP contribution in [0.1, 0.15) is 71.1 Å². The third kappa shape index (κ3) is 11.9. The number of nitrogens with one attached hydrogen (secondary N) is 1. The Balaban J connectivity index is 0.000000123. The van der Waals surface area contributed by atoms with Crippen molar-refractivity contribution in [3.8, 4) is 0 Å². The molecule has 10 heteroatoms. The summed E-state index contributed by atoms with van der Waals surface area (Å²) in [7, 11) is 2.28. The maximum absolute atomic E-state index is 3.43. The fourth-order valence-electron chi connectivity index (χ4n) is 11.0. The molecule has 0 amide bonds. The summed E-state index contributed by atoms with van der Waals surface area (Å²) in [5.41, 5.74) is 8.13. The van der Waals surface area contributed by atoms with Gasteiger partial charge in [-0.3, -0.25) is 9.80 Å². The Kier molecular flexibility index (Phi) is 17.1. The van der Waals surface area contributed by atoms with Crippen LogP contribution in [0.3, 0.4) is 0 Å². The molecule has 0 spiro atoms. The maximum atomic E-state index is 3.43. The summed E-state index contributed by atoms with van der Waals surface area (Å²) < 4.78 is 0. The predicted molar refractivity (Wildman–Crippen MR) is 300 cm³/mol. The van der Waals surface area contributed by atoms with Crippen LogP contribution in [-0.2, 0) is 0 Å². The van der Waals surface area contributed by atoms with Crippen molar-refractivity contribution in [1.29, 1.82) is 0 Å². The van der Waals surface area contributed by atoms with Crippen molar-refractivity contribution < 1.29 is 0 Å². The molecule has 6 aliphatic heterocycles. The average molecular weight is 988 g/mol. The second-order valence-corrected chi connectivity index (χ2v) is 23.0. The Morgan fingerprint density at radius 2 is 0.843 bits per heavy atom. The first kappa shape index (κ1) is 49.2. The van der Waals surface area contributed by atoms with Crippen LogP contribution in [0.15, 0.2) is 175 Å². The van der Waals surface area contributed by atoms with Crippen LogP contribution in [0.5, 0.6) is 0 Å². The summed E-state index contributed by atoms with van der Waals surface area (Å²) in [4.78, 5) is 23.5. The lowest BCUT2D eigenvalue weighted by atomic mass is 9.91. The molecular formula is C60H73N7S3. The Labute approximate surface area is 432 Å². The Hall–Kier alpha value is -4.39. The molecule has 6 heterocycles. The van der Waals surface area contributed by atoms with Gasteiger partial charge in [-0.2, -0.15) is 0 Å². The van der Waals surface area contributed by atoms with E-state index < -0.39 is 0 Å². The summed E-state index contributed by atoms with van der Waals surface area (Å²) in [5.74, 6) is 0.953. The zero-order valence-electron chi connectivity index (χ0n) is 41.6. The highest BCUT2D eigenvalue weighted by Crippen LogP contribution is 2.50. The lowest BCUT2D eigenvalue weighted by Gasteiger charge is -2.39. The third-order valence-corrected chi connectivity index (χ3v) is 18.4. The molecule has 6 aliphatic rings. The molecule has 0 radical (unpaired) electrons. The van der Waals surface area contributed by atoms with Crippen molar-refractivity contribution in [2.45, 2.75) is 107 Å². The van der Waals surface area contributed by atoms with E-state index in [0.29, 0.717) is 6.04 Å². The molecular weight excluding hydrogens is 915 g/mol. The van der Waals surface area contributed by atoms with Gasteiger partial charge in [0, 0.05) is 81.2 Å². The zero-order valence-corrected chi connectivity index (χ0v) is 44.0. The van der Waals surface area contributed by atoms with Crippen molar-refractivity contribution in [3.05, 3.63) is 146 Å². The molecule has 12 rings (SSSR count). The summed E-state index contributed by atoms with van der Waals surface area (Å²) in [5, 5.41) is 3.43. The van der Waals surface area contributed by atoms with Crippen molar-refractivity contribution in [1.82, 2.24) is 20.0 Å². The van der Waals surface area contributed by atoms with E-state index in [4.69, 9.17) is 0 Å². The maximum Gasteiger partial charge on any atom is 0.0758 e. The van der Waals surface area contributed by atoms with Gasteiger partial charge < -0.3 is 24.9 Å². The number of rotatable bonds is 11. The van der Waals surface area contributed by atoms with E-state index in [2.05, 4.69) is 194 Å². The van der Waals surface area contributed by atoms with Gasteiger partial charge >= 0.3 is 0 Å². The number of likely N-dealkylation sites (N-methyl/N-ethyl adjacent to an activating group) is 1. The molecule has 0 aromatic heterocycles. The second kappa shape index (κ2) is 24.4. The highest BCUT2D eigenvalue weighted by molar-refractivity contribution is 8.00. The van der Waals surface area contributed by atoms with Crippen LogP contribution >= 0.6 is 35.3 Å². The first-order chi connectivity index (χ1) is 34.6. The minimum absolute atomic E-state index is 0.651. The molecule has 70 heavy (non-hydrogen) atoms. The van der Waals surface area contributed by atoms with Crippen molar-refractivity contribution in [2.24, 2.45) is 5.92 Å². The smallest absolute Gasteiger partial charge is 0.0758 e. The number of piperazine rings is 1. The monoisotopic (exact) mass is 988 g/mol. The largest absolute Gasteiger partial charge is 0.338 e. The molecule has 6 aromatic carbocycles. The third-order valence-electron chi connectivity index (χ3n) is 15.0. The molecule has 6 aromatic rings. The van der Waals surface area contributed by atoms with Crippen LogP contribution in [0.4, 0.5) is 34.1 Å². The predicted octanol–water partition coefficient (Wildman–Crippen LogP) is 14.9. The lowest BCUT2D eigenvalue weighted by Crippen LogP contribution is -2.47. The molecule has 3 saturated heterocycles. The van der Waals surface area contributed by atoms with Crippen LogP contribution in [0.25, 0.3) is 0 Å². The number of unbranched alkanes of at least 4 members (excludes halogenated alkanes) is 3. The second-order valence-electron chi connectivity index (χ2n) is 19.8. The molecule has 0 bridgehead atoms. The fraction of sp³-hybridized carbons (Fsp3) is 0.400. The summed E-state index contributed by atoms with van der Waals surface area (Å²) in [6, 6.07) is 53.4. The number of nitrogens with zero attached hydrogens (tertiary/aromatic N) is 6. The summed E-state index contributed by atoms with van der Waals surface area (Å²) in [6.45, 7) is 13.5. The van der Waals surface area contributed by atoms with E-state index >= 15 is 0 Å². The highest BCUT2D eigenvalue weighted by atomic mass is 32.2. The number of likely N-dealkylation sites (tertiary alicyclic amines) is 2. The summed E-state index contributed by atoms with van der Waals surface area (Å²) in [6.07, 6.45) is 13.8. The first-order valence-electron chi connectivity index (χ1n) is 26.4. The van der Waals surface area contributed by atoms with E-state index in [-0.39, 0.29) is 0 Å². The van der Waals surface area contributed by atoms with E-state index in [1.54, 1.807) is 0 Å². The van der Waals surface area contributed by atoms with Crippen molar-refractivity contribution >= 4 is 69.4 Å². The number of piperidine rings is 2. The number of fused-ring (bicyclic) bond motifs is 6. The Morgan fingerprint density at radius 3 is 1.26 bits per heavy atom. The topological polar surface area (TPSA) is 31.5 Å². The van der Waals surface area contributed by atoms with Gasteiger partial charge in [0.05, 0.1) is 47.5 Å². The molecule has 1 N–H and O–H groups in total. The molecule has 0 saturated carbocycles. The summed E-state index contributed by atoms with van der Waals surface area (Å²) >= 11 is 5.67. The SMILES string of the molecule is CCCCCCC1CCN(CN2c3ccccc3Sc3ccccc32)CC1.CN1CCCCC1CN1c2ccccc2Sc2ccccc21.c1ccc2c(c1)Sc1ccccc1N2CN1CCNCC1. The van der Waals surface area contributed by atoms with Crippen molar-refractivity contribution in [3.63, 3.8) is 0 Å². The minimum atomic E-state index is 0.651. The van der Waals surface area contributed by atoms with Crippen molar-refractivity contribution in [2.75, 3.05) is 87.4 Å². The Bertz CT molecular complexity index is 2470.